The molecule has 0 atom stereocenters. The molecule has 0 spiro atoms. The van der Waals surface area contributed by atoms with Crippen LogP contribution in [0.1, 0.15) is 22.5 Å². The highest BCUT2D eigenvalue weighted by Crippen LogP contribution is 2.20. The van der Waals surface area contributed by atoms with E-state index in [0.29, 0.717) is 18.7 Å². The molecule has 2 aromatic heterocycles. The highest BCUT2D eigenvalue weighted by Gasteiger charge is 2.14. The molecule has 3 aromatic rings. The Labute approximate surface area is 150 Å². The Morgan fingerprint density at radius 1 is 1.38 bits per heavy atom. The second-order valence-electron chi connectivity index (χ2n) is 6.13. The van der Waals surface area contributed by atoms with Crippen molar-refractivity contribution < 1.29 is 9.36 Å². The largest absolute Gasteiger partial charge is 0.361 e. The second-order valence-corrected chi connectivity index (χ2v) is 6.13. The van der Waals surface area contributed by atoms with Gasteiger partial charge in [0.2, 0.25) is 0 Å². The van der Waals surface area contributed by atoms with Crippen molar-refractivity contribution in [2.24, 2.45) is 0 Å². The molecule has 0 amide bonds. The fraction of sp³-hybridized carbons (Fsp3) is 0.263. The number of aromatic amines is 1. The average Bonchev–Trinajstić information content (AvgIpc) is 3.30. The zero-order valence-corrected chi connectivity index (χ0v) is 14.2. The third-order valence-corrected chi connectivity index (χ3v) is 4.40. The van der Waals surface area contributed by atoms with E-state index in [9.17, 15) is 0 Å². The maximum absolute atomic E-state index is 9.04. The van der Waals surface area contributed by atoms with E-state index >= 15 is 0 Å². The summed E-state index contributed by atoms with van der Waals surface area (Å²) in [5.41, 5.74) is 3.98. The molecule has 1 aliphatic heterocycles. The molecule has 4 rings (SSSR count). The molecule has 0 saturated carbocycles. The highest BCUT2D eigenvalue weighted by molar-refractivity contribution is 5.84. The first-order chi connectivity index (χ1) is 12.8. The van der Waals surface area contributed by atoms with Gasteiger partial charge in [0.1, 0.15) is 0 Å². The summed E-state index contributed by atoms with van der Waals surface area (Å²) in [6.45, 7) is 2.83. The smallest absolute Gasteiger partial charge is 0.166 e. The number of benzene rings is 1. The van der Waals surface area contributed by atoms with E-state index in [0.717, 1.165) is 41.7 Å². The van der Waals surface area contributed by atoms with Gasteiger partial charge in [-0.05, 0) is 36.7 Å². The molecule has 7 nitrogen and oxygen atoms in total. The number of aromatic nitrogens is 2. The summed E-state index contributed by atoms with van der Waals surface area (Å²) in [6, 6.07) is 7.91. The highest BCUT2D eigenvalue weighted by atomic mass is 16.7. The number of H-pyrrole nitrogens is 1. The van der Waals surface area contributed by atoms with Crippen molar-refractivity contribution in [2.75, 3.05) is 19.7 Å². The number of nitriles is 1. The van der Waals surface area contributed by atoms with Crippen molar-refractivity contribution in [3.05, 3.63) is 59.2 Å². The number of fused-ring (bicyclic) bond motifs is 2. The van der Waals surface area contributed by atoms with Crippen molar-refractivity contribution in [3.8, 4) is 6.07 Å². The molecule has 0 bridgehead atoms. The Hall–Kier alpha value is -3.08. The predicted molar refractivity (Wildman–Crippen MR) is 96.6 cm³/mol. The van der Waals surface area contributed by atoms with Gasteiger partial charge in [-0.3, -0.25) is 9.90 Å². The van der Waals surface area contributed by atoms with Crippen LogP contribution < -0.4 is 5.32 Å². The second kappa shape index (κ2) is 7.44. The monoisotopic (exact) mass is 349 g/mol. The summed E-state index contributed by atoms with van der Waals surface area (Å²) in [6.07, 6.45) is 8.33. The van der Waals surface area contributed by atoms with Gasteiger partial charge in [0.05, 0.1) is 31.0 Å². The van der Waals surface area contributed by atoms with E-state index in [2.05, 4.69) is 21.5 Å². The van der Waals surface area contributed by atoms with Crippen LogP contribution in [-0.4, -0.2) is 34.9 Å². The van der Waals surface area contributed by atoms with Crippen LogP contribution in [0.3, 0.4) is 0 Å². The molecule has 0 fully saturated rings. The number of hydrogen-bond donors (Lipinski definition) is 2. The van der Waals surface area contributed by atoms with E-state index in [1.54, 1.807) is 11.3 Å². The standard InChI is InChI=1S/C19H19N5O2/c20-10-14-1-2-18-17(9-14)15(11-22-18)3-5-21-6-8-25-24-7-4-19-16(13-24)12-23-26-19/h1-2,4,7,9,11-12,21-22H,3,5-6,8,13H2. The van der Waals surface area contributed by atoms with Crippen LogP contribution in [0.25, 0.3) is 17.0 Å². The minimum absolute atomic E-state index is 0.581. The molecule has 0 aliphatic carbocycles. The third kappa shape index (κ3) is 3.47. The van der Waals surface area contributed by atoms with Crippen LogP contribution in [0.15, 0.2) is 41.3 Å². The number of rotatable bonds is 7. The molecular weight excluding hydrogens is 330 g/mol. The average molecular weight is 349 g/mol. The molecule has 0 radical (unpaired) electrons. The van der Waals surface area contributed by atoms with Crippen molar-refractivity contribution in [3.63, 3.8) is 0 Å². The summed E-state index contributed by atoms with van der Waals surface area (Å²) >= 11 is 0. The summed E-state index contributed by atoms with van der Waals surface area (Å²) < 4.78 is 5.09. The Morgan fingerprint density at radius 3 is 3.27 bits per heavy atom. The van der Waals surface area contributed by atoms with Crippen molar-refractivity contribution in [1.82, 2.24) is 20.5 Å². The van der Waals surface area contributed by atoms with E-state index in [1.807, 2.05) is 36.7 Å². The SMILES string of the molecule is N#Cc1ccc2[nH]cc(CCNCCON3C=Cc4oncc4C3)c2c1. The molecule has 0 saturated heterocycles. The Kier molecular flexibility index (Phi) is 4.69. The molecule has 1 aliphatic rings. The maximum Gasteiger partial charge on any atom is 0.166 e. The molecule has 132 valence electrons. The van der Waals surface area contributed by atoms with Gasteiger partial charge in [-0.1, -0.05) is 5.16 Å². The molecule has 3 heterocycles. The summed E-state index contributed by atoms with van der Waals surface area (Å²) in [5, 5.41) is 19.1. The third-order valence-electron chi connectivity index (χ3n) is 4.40. The lowest BCUT2D eigenvalue weighted by molar-refractivity contribution is -0.126. The number of hydroxylamine groups is 2. The minimum Gasteiger partial charge on any atom is -0.361 e. The van der Waals surface area contributed by atoms with E-state index in [-0.39, 0.29) is 0 Å². The van der Waals surface area contributed by atoms with Crippen LogP contribution in [-0.2, 0) is 17.8 Å². The molecule has 2 N–H and O–H groups in total. The molecule has 1 aromatic carbocycles. The van der Waals surface area contributed by atoms with Gasteiger partial charge in [-0.15, -0.1) is 0 Å². The van der Waals surface area contributed by atoms with Gasteiger partial charge in [-0.2, -0.15) is 5.26 Å². The van der Waals surface area contributed by atoms with Crippen LogP contribution in [0.5, 0.6) is 0 Å². The van der Waals surface area contributed by atoms with E-state index < -0.39 is 0 Å². The van der Waals surface area contributed by atoms with Crippen molar-refractivity contribution in [1.29, 1.82) is 5.26 Å². The lowest BCUT2D eigenvalue weighted by Gasteiger charge is -2.21. The lowest BCUT2D eigenvalue weighted by Crippen LogP contribution is -2.27. The number of nitrogens with one attached hydrogen (secondary N) is 2. The normalized spacial score (nSPS) is 13.1. The van der Waals surface area contributed by atoms with Gasteiger partial charge >= 0.3 is 0 Å². The first-order valence-electron chi connectivity index (χ1n) is 8.55. The topological polar surface area (TPSA) is 90.1 Å². The van der Waals surface area contributed by atoms with Gasteiger partial charge in [0, 0.05) is 41.5 Å². The quantitative estimate of drug-likeness (QED) is 0.637. The Bertz CT molecular complexity index is 966. The number of hydrogen-bond acceptors (Lipinski definition) is 6. The fourth-order valence-electron chi connectivity index (χ4n) is 3.02. The first-order valence-corrected chi connectivity index (χ1v) is 8.55. The van der Waals surface area contributed by atoms with Crippen LogP contribution in [0.4, 0.5) is 0 Å². The van der Waals surface area contributed by atoms with Gasteiger partial charge in [0.15, 0.2) is 5.76 Å². The molecular formula is C19H19N5O2. The Balaban J connectivity index is 1.20. The van der Waals surface area contributed by atoms with Gasteiger partial charge < -0.3 is 14.8 Å². The van der Waals surface area contributed by atoms with Crippen LogP contribution in [0.2, 0.25) is 0 Å². The fourth-order valence-corrected chi connectivity index (χ4v) is 3.02. The summed E-state index contributed by atoms with van der Waals surface area (Å²) in [5.74, 6) is 0.793. The summed E-state index contributed by atoms with van der Waals surface area (Å²) in [4.78, 5) is 8.97. The lowest BCUT2D eigenvalue weighted by atomic mass is 10.1. The maximum atomic E-state index is 9.04. The zero-order valence-electron chi connectivity index (χ0n) is 14.2. The van der Waals surface area contributed by atoms with Crippen LogP contribution >= 0.6 is 0 Å². The van der Waals surface area contributed by atoms with E-state index in [1.165, 1.54) is 5.56 Å². The summed E-state index contributed by atoms with van der Waals surface area (Å²) in [7, 11) is 0. The van der Waals surface area contributed by atoms with Crippen molar-refractivity contribution in [2.45, 2.75) is 13.0 Å². The van der Waals surface area contributed by atoms with Gasteiger partial charge in [0.25, 0.3) is 0 Å². The number of nitrogens with zero attached hydrogens (tertiary/aromatic N) is 3. The Morgan fingerprint density at radius 2 is 2.35 bits per heavy atom. The minimum atomic E-state index is 0.581. The molecule has 0 unspecified atom stereocenters. The molecule has 26 heavy (non-hydrogen) atoms. The van der Waals surface area contributed by atoms with Crippen molar-refractivity contribution >= 4 is 17.0 Å². The predicted octanol–water partition coefficient (Wildman–Crippen LogP) is 2.58. The van der Waals surface area contributed by atoms with E-state index in [4.69, 9.17) is 14.6 Å². The first kappa shape index (κ1) is 16.4. The van der Waals surface area contributed by atoms with Crippen LogP contribution in [0, 0.1) is 11.3 Å². The van der Waals surface area contributed by atoms with Gasteiger partial charge in [-0.25, -0.2) is 0 Å². The zero-order chi connectivity index (χ0) is 17.8. The molecule has 7 heteroatoms.